The number of aryl methyl sites for hydroxylation is 1. The van der Waals surface area contributed by atoms with Gasteiger partial charge in [-0.05, 0) is 19.1 Å². The molecule has 3 rings (SSSR count). The Hall–Kier alpha value is -2.12. The quantitative estimate of drug-likeness (QED) is 0.744. The Morgan fingerprint density at radius 2 is 1.95 bits per heavy atom. The first kappa shape index (κ1) is 13.8. The standard InChI is InChI=1S/C14H12N4OS2/c1-9-16-12(7-20-9)10-3-5-11(6-4-10)13(19)18(2)14-17-15-8-21-14/h3-8H,1-2H3. The van der Waals surface area contributed by atoms with Crippen LogP contribution in [0.2, 0.25) is 0 Å². The number of rotatable bonds is 3. The predicted octanol–water partition coefficient (Wildman–Crippen LogP) is 3.25. The van der Waals surface area contributed by atoms with Gasteiger partial charge in [0.25, 0.3) is 5.91 Å². The molecular weight excluding hydrogens is 304 g/mol. The van der Waals surface area contributed by atoms with Crippen LogP contribution < -0.4 is 4.90 Å². The average Bonchev–Trinajstić information content (AvgIpc) is 3.17. The highest BCUT2D eigenvalue weighted by atomic mass is 32.1. The highest BCUT2D eigenvalue weighted by Gasteiger charge is 2.16. The summed E-state index contributed by atoms with van der Waals surface area (Å²) in [6.45, 7) is 1.98. The fourth-order valence-electron chi connectivity index (χ4n) is 1.87. The lowest BCUT2D eigenvalue weighted by molar-refractivity contribution is 0.0993. The molecule has 0 saturated heterocycles. The summed E-state index contributed by atoms with van der Waals surface area (Å²) < 4.78 is 0. The molecule has 0 N–H and O–H groups in total. The molecular formula is C14H12N4OS2. The van der Waals surface area contributed by atoms with Gasteiger partial charge in [-0.25, -0.2) is 4.98 Å². The Bertz CT molecular complexity index is 750. The van der Waals surface area contributed by atoms with E-state index in [4.69, 9.17) is 0 Å². The van der Waals surface area contributed by atoms with E-state index in [0.717, 1.165) is 16.3 Å². The largest absolute Gasteiger partial charge is 0.286 e. The lowest BCUT2D eigenvalue weighted by Crippen LogP contribution is -2.26. The molecule has 0 aliphatic carbocycles. The van der Waals surface area contributed by atoms with Gasteiger partial charge < -0.3 is 0 Å². The summed E-state index contributed by atoms with van der Waals surface area (Å²) in [5, 5.41) is 11.3. The minimum atomic E-state index is -0.104. The van der Waals surface area contributed by atoms with Crippen molar-refractivity contribution in [2.75, 3.05) is 11.9 Å². The minimum Gasteiger partial charge on any atom is -0.286 e. The number of nitrogens with zero attached hydrogens (tertiary/aromatic N) is 4. The topological polar surface area (TPSA) is 59.0 Å². The van der Waals surface area contributed by atoms with Gasteiger partial charge in [-0.15, -0.1) is 21.5 Å². The first-order valence-corrected chi connectivity index (χ1v) is 7.98. The molecule has 0 atom stereocenters. The molecule has 0 fully saturated rings. The number of carbonyl (C=O) groups is 1. The zero-order chi connectivity index (χ0) is 14.8. The van der Waals surface area contributed by atoms with Gasteiger partial charge in [0.05, 0.1) is 10.7 Å². The first-order valence-electron chi connectivity index (χ1n) is 6.22. The molecule has 0 saturated carbocycles. The molecule has 7 heteroatoms. The lowest BCUT2D eigenvalue weighted by atomic mass is 10.1. The second kappa shape index (κ2) is 5.71. The van der Waals surface area contributed by atoms with Gasteiger partial charge in [-0.2, -0.15) is 0 Å². The van der Waals surface area contributed by atoms with Gasteiger partial charge in [-0.1, -0.05) is 23.5 Å². The van der Waals surface area contributed by atoms with Gasteiger partial charge in [0.2, 0.25) is 5.13 Å². The fraction of sp³-hybridized carbons (Fsp3) is 0.143. The maximum absolute atomic E-state index is 12.3. The van der Waals surface area contributed by atoms with E-state index in [9.17, 15) is 4.79 Å². The van der Waals surface area contributed by atoms with Crippen LogP contribution in [0.3, 0.4) is 0 Å². The van der Waals surface area contributed by atoms with E-state index in [0.29, 0.717) is 10.7 Å². The molecule has 106 valence electrons. The molecule has 0 aliphatic heterocycles. The molecule has 0 aliphatic rings. The second-order valence-corrected chi connectivity index (χ2v) is 6.29. The number of amides is 1. The summed E-state index contributed by atoms with van der Waals surface area (Å²) in [6, 6.07) is 7.44. The van der Waals surface area contributed by atoms with Crippen LogP contribution >= 0.6 is 22.7 Å². The van der Waals surface area contributed by atoms with Crippen LogP contribution in [-0.2, 0) is 0 Å². The minimum absolute atomic E-state index is 0.104. The Morgan fingerprint density at radius 3 is 2.52 bits per heavy atom. The van der Waals surface area contributed by atoms with E-state index in [1.807, 2.05) is 36.6 Å². The van der Waals surface area contributed by atoms with Crippen LogP contribution in [0.15, 0.2) is 35.2 Å². The molecule has 0 spiro atoms. The van der Waals surface area contributed by atoms with E-state index in [-0.39, 0.29) is 5.91 Å². The van der Waals surface area contributed by atoms with Crippen LogP contribution in [0.25, 0.3) is 11.3 Å². The highest BCUT2D eigenvalue weighted by molar-refractivity contribution is 7.13. The van der Waals surface area contributed by atoms with Crippen molar-refractivity contribution in [1.82, 2.24) is 15.2 Å². The maximum atomic E-state index is 12.3. The number of hydrogen-bond acceptors (Lipinski definition) is 6. The van der Waals surface area contributed by atoms with E-state index in [2.05, 4.69) is 15.2 Å². The van der Waals surface area contributed by atoms with E-state index >= 15 is 0 Å². The van der Waals surface area contributed by atoms with Gasteiger partial charge in [0, 0.05) is 23.6 Å². The van der Waals surface area contributed by atoms with Gasteiger partial charge in [0.15, 0.2) is 0 Å². The number of hydrogen-bond donors (Lipinski definition) is 0. The average molecular weight is 316 g/mol. The molecule has 3 aromatic rings. The summed E-state index contributed by atoms with van der Waals surface area (Å²) in [7, 11) is 1.69. The van der Waals surface area contributed by atoms with E-state index < -0.39 is 0 Å². The zero-order valence-corrected chi connectivity index (χ0v) is 13.1. The Kier molecular flexibility index (Phi) is 3.76. The van der Waals surface area contributed by atoms with Crippen molar-refractivity contribution in [1.29, 1.82) is 0 Å². The van der Waals surface area contributed by atoms with Crippen LogP contribution in [0.5, 0.6) is 0 Å². The normalized spacial score (nSPS) is 10.6. The summed E-state index contributed by atoms with van der Waals surface area (Å²) in [4.78, 5) is 18.3. The number of anilines is 1. The zero-order valence-electron chi connectivity index (χ0n) is 11.5. The van der Waals surface area contributed by atoms with Gasteiger partial charge in [-0.3, -0.25) is 9.69 Å². The molecule has 5 nitrogen and oxygen atoms in total. The van der Waals surface area contributed by atoms with Crippen molar-refractivity contribution in [2.45, 2.75) is 6.92 Å². The predicted molar refractivity (Wildman–Crippen MR) is 84.9 cm³/mol. The Morgan fingerprint density at radius 1 is 1.19 bits per heavy atom. The lowest BCUT2D eigenvalue weighted by Gasteiger charge is -2.13. The molecule has 0 bridgehead atoms. The third-order valence-corrected chi connectivity index (χ3v) is 4.53. The van der Waals surface area contributed by atoms with Crippen LogP contribution in [0, 0.1) is 6.92 Å². The van der Waals surface area contributed by atoms with E-state index in [1.165, 1.54) is 16.2 Å². The van der Waals surface area contributed by atoms with Crippen molar-refractivity contribution in [3.8, 4) is 11.3 Å². The van der Waals surface area contributed by atoms with Gasteiger partial charge >= 0.3 is 0 Å². The van der Waals surface area contributed by atoms with E-state index in [1.54, 1.807) is 23.9 Å². The molecule has 2 heterocycles. The van der Waals surface area contributed by atoms with Crippen molar-refractivity contribution in [3.05, 3.63) is 45.7 Å². The molecule has 21 heavy (non-hydrogen) atoms. The molecule has 0 unspecified atom stereocenters. The number of aromatic nitrogens is 3. The summed E-state index contributed by atoms with van der Waals surface area (Å²) in [5.74, 6) is -0.104. The van der Waals surface area contributed by atoms with Crippen LogP contribution in [0.4, 0.5) is 5.13 Å². The third kappa shape index (κ3) is 2.84. The van der Waals surface area contributed by atoms with Crippen LogP contribution in [-0.4, -0.2) is 28.1 Å². The fourth-order valence-corrected chi connectivity index (χ4v) is 3.02. The van der Waals surface area contributed by atoms with Gasteiger partial charge in [0.1, 0.15) is 5.51 Å². The molecule has 1 aromatic carbocycles. The van der Waals surface area contributed by atoms with Crippen molar-refractivity contribution in [2.24, 2.45) is 0 Å². The summed E-state index contributed by atoms with van der Waals surface area (Å²) >= 11 is 2.94. The van der Waals surface area contributed by atoms with Crippen molar-refractivity contribution in [3.63, 3.8) is 0 Å². The first-order chi connectivity index (χ1) is 10.1. The number of thiazole rings is 1. The van der Waals surface area contributed by atoms with Crippen LogP contribution in [0.1, 0.15) is 15.4 Å². The smallest absolute Gasteiger partial charge is 0.259 e. The number of carbonyl (C=O) groups excluding carboxylic acids is 1. The summed E-state index contributed by atoms with van der Waals surface area (Å²) in [5.41, 5.74) is 4.17. The maximum Gasteiger partial charge on any atom is 0.259 e. The number of benzene rings is 1. The second-order valence-electron chi connectivity index (χ2n) is 4.41. The SMILES string of the molecule is Cc1nc(-c2ccc(C(=O)N(C)c3nncs3)cc2)cs1. The summed E-state index contributed by atoms with van der Waals surface area (Å²) in [6.07, 6.45) is 0. The van der Waals surface area contributed by atoms with Crippen molar-refractivity contribution >= 4 is 33.7 Å². The van der Waals surface area contributed by atoms with Crippen molar-refractivity contribution < 1.29 is 4.79 Å². The highest BCUT2D eigenvalue weighted by Crippen LogP contribution is 2.23. The third-order valence-electron chi connectivity index (χ3n) is 2.99. The Labute approximate surface area is 129 Å². The molecule has 0 radical (unpaired) electrons. The molecule has 1 amide bonds. The Balaban J connectivity index is 1.82. The molecule has 2 aromatic heterocycles. The monoisotopic (exact) mass is 316 g/mol.